The van der Waals surface area contributed by atoms with Crippen molar-refractivity contribution in [3.05, 3.63) is 52.0 Å². The number of rotatable bonds is 3. The lowest BCUT2D eigenvalue weighted by Gasteiger charge is -2.11. The molecule has 0 aliphatic carbocycles. The van der Waals surface area contributed by atoms with Crippen molar-refractivity contribution < 1.29 is 4.79 Å². The second-order valence-corrected chi connectivity index (χ2v) is 5.32. The van der Waals surface area contributed by atoms with E-state index in [0.717, 1.165) is 15.8 Å². The smallest absolute Gasteiger partial charge is 0.251 e. The molecule has 20 heavy (non-hydrogen) atoms. The van der Waals surface area contributed by atoms with Gasteiger partial charge in [-0.2, -0.15) is 0 Å². The molecule has 0 fully saturated rings. The molecular weight excluding hydrogens is 318 g/mol. The summed E-state index contributed by atoms with van der Waals surface area (Å²) in [5.74, 6) is -0.152. The summed E-state index contributed by atoms with van der Waals surface area (Å²) in [7, 11) is 1.59. The number of nitrogens with two attached hydrogens (primary N) is 1. The number of hydrogen-bond acceptors (Lipinski definition) is 3. The average molecular weight is 334 g/mol. The highest BCUT2D eigenvalue weighted by Gasteiger charge is 2.07. The van der Waals surface area contributed by atoms with Crippen LogP contribution in [-0.2, 0) is 0 Å². The van der Waals surface area contributed by atoms with Crippen LogP contribution in [0.4, 0.5) is 17.1 Å². The van der Waals surface area contributed by atoms with Gasteiger partial charge in [-0.1, -0.05) is 22.0 Å². The molecule has 0 aliphatic heterocycles. The van der Waals surface area contributed by atoms with Crippen LogP contribution < -0.4 is 16.4 Å². The molecule has 0 heterocycles. The number of anilines is 3. The summed E-state index contributed by atoms with van der Waals surface area (Å²) in [5, 5.41) is 5.81. The van der Waals surface area contributed by atoms with E-state index in [4.69, 9.17) is 5.73 Å². The van der Waals surface area contributed by atoms with Crippen molar-refractivity contribution >= 4 is 38.9 Å². The van der Waals surface area contributed by atoms with E-state index in [1.165, 1.54) is 5.56 Å². The summed E-state index contributed by atoms with van der Waals surface area (Å²) < 4.78 is 1.03. The van der Waals surface area contributed by atoms with Crippen LogP contribution >= 0.6 is 15.9 Å². The minimum atomic E-state index is -0.152. The van der Waals surface area contributed by atoms with Crippen LogP contribution in [0.3, 0.4) is 0 Å². The van der Waals surface area contributed by atoms with Gasteiger partial charge in [0.15, 0.2) is 0 Å². The maximum Gasteiger partial charge on any atom is 0.251 e. The van der Waals surface area contributed by atoms with E-state index in [1.807, 2.05) is 25.1 Å². The lowest BCUT2D eigenvalue weighted by Crippen LogP contribution is -2.17. The highest BCUT2D eigenvalue weighted by atomic mass is 79.9. The maximum atomic E-state index is 11.5. The van der Waals surface area contributed by atoms with Crippen molar-refractivity contribution in [3.63, 3.8) is 0 Å². The van der Waals surface area contributed by atoms with Gasteiger partial charge in [-0.25, -0.2) is 0 Å². The molecule has 0 radical (unpaired) electrons. The fraction of sp³-hybridized carbons (Fsp3) is 0.133. The SMILES string of the molecule is CNC(=O)c1ccc(Nc2ccc(C)c(Br)c2)c(N)c1. The van der Waals surface area contributed by atoms with E-state index in [1.54, 1.807) is 25.2 Å². The quantitative estimate of drug-likeness (QED) is 0.753. The minimum absolute atomic E-state index is 0.152. The summed E-state index contributed by atoms with van der Waals surface area (Å²) in [6.07, 6.45) is 0. The van der Waals surface area contributed by atoms with Crippen molar-refractivity contribution in [3.8, 4) is 0 Å². The maximum absolute atomic E-state index is 11.5. The van der Waals surface area contributed by atoms with Crippen LogP contribution in [-0.4, -0.2) is 13.0 Å². The highest BCUT2D eigenvalue weighted by Crippen LogP contribution is 2.27. The van der Waals surface area contributed by atoms with Crippen LogP contribution in [0.5, 0.6) is 0 Å². The van der Waals surface area contributed by atoms with Gasteiger partial charge in [0.1, 0.15) is 0 Å². The molecule has 2 rings (SSSR count). The Hall–Kier alpha value is -2.01. The fourth-order valence-electron chi connectivity index (χ4n) is 1.79. The first kappa shape index (κ1) is 14.4. The molecule has 0 saturated heterocycles. The van der Waals surface area contributed by atoms with Gasteiger partial charge in [0.05, 0.1) is 11.4 Å². The molecule has 0 spiro atoms. The molecular formula is C15H16BrN3O. The minimum Gasteiger partial charge on any atom is -0.397 e. The summed E-state index contributed by atoms with van der Waals surface area (Å²) in [6, 6.07) is 11.2. The van der Waals surface area contributed by atoms with Crippen molar-refractivity contribution in [2.75, 3.05) is 18.1 Å². The van der Waals surface area contributed by atoms with Crippen LogP contribution in [0.1, 0.15) is 15.9 Å². The molecule has 0 atom stereocenters. The molecule has 4 nitrogen and oxygen atoms in total. The van der Waals surface area contributed by atoms with Crippen molar-refractivity contribution in [2.24, 2.45) is 0 Å². The van der Waals surface area contributed by atoms with Gasteiger partial charge in [-0.3, -0.25) is 4.79 Å². The van der Waals surface area contributed by atoms with Gasteiger partial charge >= 0.3 is 0 Å². The molecule has 2 aromatic rings. The Morgan fingerprint density at radius 1 is 1.20 bits per heavy atom. The van der Waals surface area contributed by atoms with Gasteiger partial charge in [-0.15, -0.1) is 0 Å². The molecule has 1 amide bonds. The Balaban J connectivity index is 2.25. The third kappa shape index (κ3) is 3.11. The second-order valence-electron chi connectivity index (χ2n) is 4.47. The molecule has 104 valence electrons. The molecule has 4 N–H and O–H groups in total. The summed E-state index contributed by atoms with van der Waals surface area (Å²) in [5.41, 5.74) is 9.92. The van der Waals surface area contributed by atoms with Crippen molar-refractivity contribution in [2.45, 2.75) is 6.92 Å². The molecule has 0 aromatic heterocycles. The van der Waals surface area contributed by atoms with Gasteiger partial charge in [-0.05, 0) is 42.8 Å². The molecule has 0 bridgehead atoms. The first-order chi connectivity index (χ1) is 9.51. The van der Waals surface area contributed by atoms with Gasteiger partial charge in [0.25, 0.3) is 5.91 Å². The normalized spacial score (nSPS) is 10.2. The van der Waals surface area contributed by atoms with E-state index in [2.05, 4.69) is 26.6 Å². The Labute approximate surface area is 126 Å². The fourth-order valence-corrected chi connectivity index (χ4v) is 2.17. The Morgan fingerprint density at radius 2 is 1.95 bits per heavy atom. The number of aryl methyl sites for hydroxylation is 1. The number of hydrogen-bond donors (Lipinski definition) is 3. The molecule has 2 aromatic carbocycles. The monoisotopic (exact) mass is 333 g/mol. The topological polar surface area (TPSA) is 67.2 Å². The van der Waals surface area contributed by atoms with Gasteiger partial charge in [0.2, 0.25) is 0 Å². The first-order valence-electron chi connectivity index (χ1n) is 6.16. The summed E-state index contributed by atoms with van der Waals surface area (Å²) in [4.78, 5) is 11.5. The number of amides is 1. The van der Waals surface area contributed by atoms with E-state index < -0.39 is 0 Å². The molecule has 0 saturated carbocycles. The van der Waals surface area contributed by atoms with E-state index in [0.29, 0.717) is 11.3 Å². The zero-order chi connectivity index (χ0) is 14.7. The van der Waals surface area contributed by atoms with Crippen LogP contribution in [0.2, 0.25) is 0 Å². The standard InChI is InChI=1S/C15H16BrN3O/c1-9-3-5-11(8-12(9)16)19-14-6-4-10(7-13(14)17)15(20)18-2/h3-8,19H,17H2,1-2H3,(H,18,20). The van der Waals surface area contributed by atoms with Crippen LogP contribution in [0, 0.1) is 6.92 Å². The first-order valence-corrected chi connectivity index (χ1v) is 6.95. The number of carbonyl (C=O) groups excluding carboxylic acids is 1. The third-order valence-electron chi connectivity index (χ3n) is 2.99. The molecule has 0 aliphatic rings. The summed E-state index contributed by atoms with van der Waals surface area (Å²) >= 11 is 3.49. The van der Waals surface area contributed by atoms with Crippen molar-refractivity contribution in [1.82, 2.24) is 5.32 Å². The Morgan fingerprint density at radius 3 is 2.55 bits per heavy atom. The second kappa shape index (κ2) is 5.96. The lowest BCUT2D eigenvalue weighted by molar-refractivity contribution is 0.0963. The average Bonchev–Trinajstić information content (AvgIpc) is 2.44. The van der Waals surface area contributed by atoms with Crippen LogP contribution in [0.15, 0.2) is 40.9 Å². The summed E-state index contributed by atoms with van der Waals surface area (Å²) in [6.45, 7) is 2.03. The van der Waals surface area contributed by atoms with Crippen molar-refractivity contribution in [1.29, 1.82) is 0 Å². The lowest BCUT2D eigenvalue weighted by atomic mass is 10.1. The number of halogens is 1. The number of benzene rings is 2. The predicted molar refractivity (Wildman–Crippen MR) is 86.4 cm³/mol. The largest absolute Gasteiger partial charge is 0.397 e. The zero-order valence-corrected chi connectivity index (χ0v) is 12.9. The number of nitrogens with one attached hydrogen (secondary N) is 2. The molecule has 5 heteroatoms. The van der Waals surface area contributed by atoms with Gasteiger partial charge < -0.3 is 16.4 Å². The number of carbonyl (C=O) groups is 1. The zero-order valence-electron chi connectivity index (χ0n) is 11.3. The van der Waals surface area contributed by atoms with E-state index >= 15 is 0 Å². The Bertz CT molecular complexity index is 656. The molecule has 0 unspecified atom stereocenters. The van der Waals surface area contributed by atoms with E-state index in [-0.39, 0.29) is 5.91 Å². The number of nitrogen functional groups attached to an aromatic ring is 1. The third-order valence-corrected chi connectivity index (χ3v) is 3.85. The van der Waals surface area contributed by atoms with Crippen LogP contribution in [0.25, 0.3) is 0 Å². The predicted octanol–water partition coefficient (Wildman–Crippen LogP) is 3.44. The Kier molecular flexibility index (Phi) is 4.29. The van der Waals surface area contributed by atoms with E-state index in [9.17, 15) is 4.79 Å². The van der Waals surface area contributed by atoms with Gasteiger partial charge in [0, 0.05) is 22.8 Å². The highest BCUT2D eigenvalue weighted by molar-refractivity contribution is 9.10.